The van der Waals surface area contributed by atoms with Gasteiger partial charge < -0.3 is 10.4 Å². The highest BCUT2D eigenvalue weighted by Crippen LogP contribution is 2.29. The van der Waals surface area contributed by atoms with Crippen molar-refractivity contribution in [1.29, 1.82) is 0 Å². The van der Waals surface area contributed by atoms with Gasteiger partial charge in [0.15, 0.2) is 0 Å². The Hall–Kier alpha value is -1.42. The molecule has 1 fully saturated rings. The lowest BCUT2D eigenvalue weighted by atomic mass is 9.90. The molecule has 3 nitrogen and oxygen atoms in total. The average molecular weight is 237 g/mol. The largest absolute Gasteiger partial charge is 0.481 e. The average Bonchev–Trinajstić information content (AvgIpc) is 2.54. The molecule has 1 aliphatic heterocycles. The van der Waals surface area contributed by atoms with Crippen molar-refractivity contribution >= 4 is 5.97 Å². The monoisotopic (exact) mass is 237 g/mol. The highest BCUT2D eigenvalue weighted by atomic mass is 19.1. The van der Waals surface area contributed by atoms with Gasteiger partial charge in [-0.15, -0.1) is 0 Å². The molecule has 0 radical (unpaired) electrons. The fourth-order valence-electron chi connectivity index (χ4n) is 2.37. The molecule has 0 bridgehead atoms. The molecule has 92 valence electrons. The van der Waals surface area contributed by atoms with Crippen LogP contribution in [0, 0.1) is 11.7 Å². The van der Waals surface area contributed by atoms with Gasteiger partial charge in [0.25, 0.3) is 0 Å². The minimum atomic E-state index is -0.811. The number of halogens is 1. The molecule has 2 rings (SSSR count). The van der Waals surface area contributed by atoms with Crippen LogP contribution in [0.4, 0.5) is 4.39 Å². The topological polar surface area (TPSA) is 49.3 Å². The van der Waals surface area contributed by atoms with Crippen LogP contribution in [0.25, 0.3) is 0 Å². The summed E-state index contributed by atoms with van der Waals surface area (Å²) in [5.74, 6) is -1.61. The van der Waals surface area contributed by atoms with Crippen LogP contribution in [0.2, 0.25) is 0 Å². The Morgan fingerprint density at radius 1 is 1.41 bits per heavy atom. The van der Waals surface area contributed by atoms with E-state index < -0.39 is 11.9 Å². The number of carbonyl (C=O) groups is 1. The van der Waals surface area contributed by atoms with E-state index in [-0.39, 0.29) is 11.9 Å². The predicted molar refractivity (Wildman–Crippen MR) is 62.1 cm³/mol. The number of hydrogen-bond donors (Lipinski definition) is 2. The van der Waals surface area contributed by atoms with Gasteiger partial charge in [0.05, 0.1) is 5.92 Å². The predicted octanol–water partition coefficient (Wildman–Crippen LogP) is 2.34. The van der Waals surface area contributed by atoms with Crippen LogP contribution >= 0.6 is 0 Å². The normalized spacial score (nSPS) is 25.2. The van der Waals surface area contributed by atoms with Gasteiger partial charge in [-0.1, -0.05) is 18.6 Å². The summed E-state index contributed by atoms with van der Waals surface area (Å²) in [5, 5.41) is 12.4. The summed E-state index contributed by atoms with van der Waals surface area (Å²) in [4.78, 5) is 11.2. The zero-order chi connectivity index (χ0) is 12.3. The molecule has 0 aliphatic carbocycles. The molecule has 0 saturated carbocycles. The zero-order valence-corrected chi connectivity index (χ0v) is 9.53. The summed E-state index contributed by atoms with van der Waals surface area (Å²) in [7, 11) is 0. The van der Waals surface area contributed by atoms with Crippen molar-refractivity contribution in [2.24, 2.45) is 5.92 Å². The molecule has 2 N–H and O–H groups in total. The molecule has 0 aromatic heterocycles. The Bertz CT molecular complexity index is 408. The van der Waals surface area contributed by atoms with Gasteiger partial charge in [0.1, 0.15) is 5.82 Å². The van der Waals surface area contributed by atoms with Gasteiger partial charge in [0, 0.05) is 6.04 Å². The first-order valence-electron chi connectivity index (χ1n) is 5.90. The van der Waals surface area contributed by atoms with Crippen molar-refractivity contribution < 1.29 is 14.3 Å². The Morgan fingerprint density at radius 2 is 2.24 bits per heavy atom. The number of hydrogen-bond acceptors (Lipinski definition) is 2. The molecule has 2 atom stereocenters. The number of carboxylic acids is 1. The fraction of sp³-hybridized carbons (Fsp3) is 0.462. The highest BCUT2D eigenvalue weighted by molar-refractivity contribution is 5.71. The Labute approximate surface area is 99.7 Å². The SMILES string of the molecule is O=C(O)[C@H]1CCCCN[C@@H]1c1cccc(F)c1. The quantitative estimate of drug-likeness (QED) is 0.830. The van der Waals surface area contributed by atoms with E-state index >= 15 is 0 Å². The zero-order valence-electron chi connectivity index (χ0n) is 9.53. The van der Waals surface area contributed by atoms with Crippen molar-refractivity contribution in [3.63, 3.8) is 0 Å². The van der Waals surface area contributed by atoms with Gasteiger partial charge in [-0.2, -0.15) is 0 Å². The molecular formula is C13H16FNO2. The molecule has 17 heavy (non-hydrogen) atoms. The highest BCUT2D eigenvalue weighted by Gasteiger charge is 2.30. The fourth-order valence-corrected chi connectivity index (χ4v) is 2.37. The number of benzene rings is 1. The summed E-state index contributed by atoms with van der Waals surface area (Å²) in [6.45, 7) is 0.783. The maximum Gasteiger partial charge on any atom is 0.308 e. The molecule has 1 aromatic carbocycles. The van der Waals surface area contributed by atoms with Gasteiger partial charge >= 0.3 is 5.97 Å². The Balaban J connectivity index is 2.28. The van der Waals surface area contributed by atoms with Crippen molar-refractivity contribution in [3.05, 3.63) is 35.6 Å². The lowest BCUT2D eigenvalue weighted by Gasteiger charge is -2.22. The number of aliphatic carboxylic acids is 1. The van der Waals surface area contributed by atoms with Crippen molar-refractivity contribution in [3.8, 4) is 0 Å². The second kappa shape index (κ2) is 5.27. The smallest absolute Gasteiger partial charge is 0.308 e. The van der Waals surface area contributed by atoms with Crippen LogP contribution < -0.4 is 5.32 Å². The van der Waals surface area contributed by atoms with E-state index in [1.165, 1.54) is 12.1 Å². The molecule has 0 spiro atoms. The van der Waals surface area contributed by atoms with Crippen LogP contribution in [0.15, 0.2) is 24.3 Å². The molecule has 1 saturated heterocycles. The maximum absolute atomic E-state index is 13.2. The summed E-state index contributed by atoms with van der Waals surface area (Å²) < 4.78 is 13.2. The third-order valence-electron chi connectivity index (χ3n) is 3.23. The first-order chi connectivity index (χ1) is 8.18. The van der Waals surface area contributed by atoms with Gasteiger partial charge in [-0.05, 0) is 37.1 Å². The molecule has 0 amide bonds. The van der Waals surface area contributed by atoms with Crippen molar-refractivity contribution in [2.45, 2.75) is 25.3 Å². The third-order valence-corrected chi connectivity index (χ3v) is 3.23. The van der Waals surface area contributed by atoms with E-state index in [1.807, 2.05) is 0 Å². The molecule has 1 aromatic rings. The second-order valence-corrected chi connectivity index (χ2v) is 4.43. The molecule has 4 heteroatoms. The van der Waals surface area contributed by atoms with E-state index in [4.69, 9.17) is 0 Å². The van der Waals surface area contributed by atoms with E-state index in [9.17, 15) is 14.3 Å². The maximum atomic E-state index is 13.2. The summed E-state index contributed by atoms with van der Waals surface area (Å²) in [5.41, 5.74) is 0.722. The number of rotatable bonds is 2. The minimum absolute atomic E-state index is 0.286. The van der Waals surface area contributed by atoms with E-state index in [0.29, 0.717) is 6.42 Å². The number of nitrogens with one attached hydrogen (secondary N) is 1. The van der Waals surface area contributed by atoms with Crippen LogP contribution in [-0.2, 0) is 4.79 Å². The molecule has 0 unspecified atom stereocenters. The first-order valence-corrected chi connectivity index (χ1v) is 5.90. The van der Waals surface area contributed by atoms with Crippen LogP contribution in [0.3, 0.4) is 0 Å². The summed E-state index contributed by atoms with van der Waals surface area (Å²) >= 11 is 0. The lowest BCUT2D eigenvalue weighted by molar-refractivity contribution is -0.143. The van der Waals surface area contributed by atoms with Gasteiger partial charge in [0.2, 0.25) is 0 Å². The van der Waals surface area contributed by atoms with Crippen molar-refractivity contribution in [1.82, 2.24) is 5.32 Å². The Morgan fingerprint density at radius 3 is 2.94 bits per heavy atom. The first kappa shape index (κ1) is 12.0. The molecule has 1 heterocycles. The van der Waals surface area contributed by atoms with E-state index in [2.05, 4.69) is 5.32 Å². The van der Waals surface area contributed by atoms with Crippen LogP contribution in [0.1, 0.15) is 30.9 Å². The summed E-state index contributed by atoms with van der Waals surface area (Å²) in [6.07, 6.45) is 2.51. The van der Waals surface area contributed by atoms with Crippen LogP contribution in [-0.4, -0.2) is 17.6 Å². The van der Waals surface area contributed by atoms with E-state index in [0.717, 1.165) is 24.9 Å². The van der Waals surface area contributed by atoms with Crippen molar-refractivity contribution in [2.75, 3.05) is 6.54 Å². The minimum Gasteiger partial charge on any atom is -0.481 e. The van der Waals surface area contributed by atoms with Gasteiger partial charge in [-0.3, -0.25) is 4.79 Å². The third kappa shape index (κ3) is 2.82. The van der Waals surface area contributed by atoms with Crippen LogP contribution in [0.5, 0.6) is 0 Å². The summed E-state index contributed by atoms with van der Waals surface area (Å²) in [6, 6.07) is 5.90. The number of carboxylic acid groups (broad SMARTS) is 1. The molecular weight excluding hydrogens is 221 g/mol. The molecule has 1 aliphatic rings. The lowest BCUT2D eigenvalue weighted by Crippen LogP contribution is -2.31. The second-order valence-electron chi connectivity index (χ2n) is 4.43. The van der Waals surface area contributed by atoms with Gasteiger partial charge in [-0.25, -0.2) is 4.39 Å². The Kier molecular flexibility index (Phi) is 3.74. The van der Waals surface area contributed by atoms with E-state index in [1.54, 1.807) is 12.1 Å². The standard InChI is InChI=1S/C13H16FNO2/c14-10-5-3-4-9(8-10)12-11(13(16)17)6-1-2-7-15-12/h3-5,8,11-12,15H,1-2,6-7H2,(H,16,17)/t11-,12+/m0/s1.